The van der Waals surface area contributed by atoms with Gasteiger partial charge in [0.25, 0.3) is 0 Å². The number of rotatable bonds is 5. The maximum Gasteiger partial charge on any atom is 0.109 e. The van der Waals surface area contributed by atoms with Gasteiger partial charge in [0.15, 0.2) is 0 Å². The fourth-order valence-electron chi connectivity index (χ4n) is 0.714. The molecule has 0 aromatic heterocycles. The molecule has 0 saturated heterocycles. The Morgan fingerprint density at radius 2 is 1.31 bits per heavy atom. The summed E-state index contributed by atoms with van der Waals surface area (Å²) in [7, 11) is 0. The van der Waals surface area contributed by atoms with Crippen molar-refractivity contribution in [3.8, 4) is 0 Å². The van der Waals surface area contributed by atoms with Crippen LogP contribution in [0.25, 0.3) is 0 Å². The second kappa shape index (κ2) is 7.35. The fraction of sp³-hybridized carbons (Fsp3) is 1.00. The van der Waals surface area contributed by atoms with Gasteiger partial charge in [0.05, 0.1) is 0 Å². The molecule has 0 saturated carbocycles. The molecule has 0 aromatic carbocycles. The molecule has 0 spiro atoms. The zero-order chi connectivity index (χ0) is 10.6. The lowest BCUT2D eigenvalue weighted by atomic mass is 10.2. The van der Waals surface area contributed by atoms with Crippen LogP contribution in [-0.4, -0.2) is 37.3 Å². The molecule has 0 aliphatic rings. The highest BCUT2D eigenvalue weighted by atomic mass is 32.1. The van der Waals surface area contributed by atoms with Crippen molar-refractivity contribution in [2.24, 2.45) is 0 Å². The SMILES string of the molecule is OC(S)C(S)C(S)C(S)C(S)CS. The Hall–Kier alpha value is 2.06. The Morgan fingerprint density at radius 3 is 1.62 bits per heavy atom. The van der Waals surface area contributed by atoms with E-state index in [1.54, 1.807) is 0 Å². The lowest BCUT2D eigenvalue weighted by Crippen LogP contribution is -2.37. The lowest BCUT2D eigenvalue weighted by Gasteiger charge is -2.28. The standard InChI is InChI=1S/C6H14OS6/c7-6(13)5(12)4(11)3(10)2(9)1-8/h2-13H,1H2. The predicted molar refractivity (Wildman–Crippen MR) is 79.9 cm³/mol. The Bertz CT molecular complexity index is 143. The highest BCUT2D eigenvalue weighted by Crippen LogP contribution is 2.26. The van der Waals surface area contributed by atoms with Gasteiger partial charge in [0.1, 0.15) is 5.44 Å². The van der Waals surface area contributed by atoms with Crippen LogP contribution in [0.2, 0.25) is 0 Å². The van der Waals surface area contributed by atoms with E-state index in [0.29, 0.717) is 5.75 Å². The first-order valence-electron chi connectivity index (χ1n) is 3.61. The van der Waals surface area contributed by atoms with Gasteiger partial charge >= 0.3 is 0 Å². The molecule has 0 aliphatic carbocycles. The number of aliphatic hydroxyl groups is 1. The first-order chi connectivity index (χ1) is 5.91. The van der Waals surface area contributed by atoms with E-state index in [-0.39, 0.29) is 21.0 Å². The number of hydrogen-bond acceptors (Lipinski definition) is 7. The summed E-state index contributed by atoms with van der Waals surface area (Å²) in [5.41, 5.74) is -0.805. The van der Waals surface area contributed by atoms with Crippen molar-refractivity contribution in [3.63, 3.8) is 0 Å². The van der Waals surface area contributed by atoms with E-state index in [1.165, 1.54) is 0 Å². The molecule has 0 amide bonds. The maximum atomic E-state index is 9.16. The molecule has 13 heavy (non-hydrogen) atoms. The summed E-state index contributed by atoms with van der Waals surface area (Å²) >= 11 is 25.1. The molecule has 0 fully saturated rings. The van der Waals surface area contributed by atoms with Crippen LogP contribution in [0, 0.1) is 0 Å². The van der Waals surface area contributed by atoms with Gasteiger partial charge in [-0.05, 0) is 0 Å². The molecule has 0 rings (SSSR count). The van der Waals surface area contributed by atoms with Gasteiger partial charge in [0, 0.05) is 26.8 Å². The average molecular weight is 295 g/mol. The van der Waals surface area contributed by atoms with Gasteiger partial charge < -0.3 is 5.11 Å². The molecular weight excluding hydrogens is 280 g/mol. The number of thiol groups is 6. The molecule has 5 unspecified atom stereocenters. The van der Waals surface area contributed by atoms with E-state index in [4.69, 9.17) is 5.11 Å². The van der Waals surface area contributed by atoms with Crippen LogP contribution in [0.4, 0.5) is 0 Å². The minimum atomic E-state index is -0.805. The van der Waals surface area contributed by atoms with Gasteiger partial charge in [-0.15, -0.1) is 12.6 Å². The Balaban J connectivity index is 4.15. The first kappa shape index (κ1) is 15.1. The molecule has 1 N–H and O–H groups in total. The van der Waals surface area contributed by atoms with Crippen molar-refractivity contribution in [2.45, 2.75) is 26.4 Å². The number of aliphatic hydroxyl groups excluding tert-OH is 1. The summed E-state index contributed by atoms with van der Waals surface area (Å²) in [5, 5.41) is 8.60. The minimum Gasteiger partial charge on any atom is -0.382 e. The molecule has 1 nitrogen and oxygen atoms in total. The summed E-state index contributed by atoms with van der Waals surface area (Å²) < 4.78 is 0. The predicted octanol–water partition coefficient (Wildman–Crippen LogP) is 1.36. The zero-order valence-electron chi connectivity index (χ0n) is 6.72. The van der Waals surface area contributed by atoms with E-state index < -0.39 is 5.44 Å². The Kier molecular flexibility index (Phi) is 8.52. The van der Waals surface area contributed by atoms with Crippen LogP contribution in [0.1, 0.15) is 0 Å². The molecule has 0 aromatic rings. The summed E-state index contributed by atoms with van der Waals surface area (Å²) in [5.74, 6) is 0.609. The van der Waals surface area contributed by atoms with Crippen molar-refractivity contribution in [2.75, 3.05) is 5.75 Å². The molecule has 5 atom stereocenters. The second-order valence-electron chi connectivity index (χ2n) is 2.64. The molecule has 0 aliphatic heterocycles. The highest BCUT2D eigenvalue weighted by Gasteiger charge is 2.28. The smallest absolute Gasteiger partial charge is 0.109 e. The molecule has 80 valence electrons. The van der Waals surface area contributed by atoms with Gasteiger partial charge in [-0.25, -0.2) is 0 Å². The van der Waals surface area contributed by atoms with Gasteiger partial charge in [-0.1, -0.05) is 0 Å². The topological polar surface area (TPSA) is 20.2 Å². The molecule has 7 heteroatoms. The summed E-state index contributed by atoms with van der Waals surface area (Å²) in [6.45, 7) is 0. The van der Waals surface area contributed by atoms with Crippen LogP contribution < -0.4 is 0 Å². The van der Waals surface area contributed by atoms with E-state index in [9.17, 15) is 0 Å². The van der Waals surface area contributed by atoms with Crippen molar-refractivity contribution >= 4 is 75.8 Å². The Morgan fingerprint density at radius 1 is 0.846 bits per heavy atom. The largest absolute Gasteiger partial charge is 0.382 e. The monoisotopic (exact) mass is 294 g/mol. The van der Waals surface area contributed by atoms with Crippen molar-refractivity contribution in [1.82, 2.24) is 0 Å². The van der Waals surface area contributed by atoms with E-state index >= 15 is 0 Å². The van der Waals surface area contributed by atoms with Crippen LogP contribution >= 0.6 is 75.8 Å². The van der Waals surface area contributed by atoms with Crippen LogP contribution in [-0.2, 0) is 0 Å². The van der Waals surface area contributed by atoms with Gasteiger partial charge in [-0.2, -0.15) is 63.1 Å². The average Bonchev–Trinajstić information content (AvgIpc) is 2.12. The van der Waals surface area contributed by atoms with Crippen LogP contribution in [0.3, 0.4) is 0 Å². The summed E-state index contributed by atoms with van der Waals surface area (Å²) in [6.07, 6.45) is 0. The Labute approximate surface area is 112 Å². The van der Waals surface area contributed by atoms with Crippen molar-refractivity contribution < 1.29 is 5.11 Å². The van der Waals surface area contributed by atoms with E-state index in [2.05, 4.69) is 75.8 Å². The zero-order valence-corrected chi connectivity index (χ0v) is 12.1. The molecule has 0 bridgehead atoms. The first-order valence-corrected chi connectivity index (χ1v) is 6.82. The van der Waals surface area contributed by atoms with E-state index in [0.717, 1.165) is 0 Å². The fourth-order valence-corrected chi connectivity index (χ4v) is 2.73. The maximum absolute atomic E-state index is 9.16. The molecular formula is C6H14OS6. The third-order valence-electron chi connectivity index (χ3n) is 1.59. The quantitative estimate of drug-likeness (QED) is 0.302. The molecule has 0 heterocycles. The number of hydrogen-bond donors (Lipinski definition) is 7. The summed E-state index contributed by atoms with van der Waals surface area (Å²) in [4.78, 5) is 0. The van der Waals surface area contributed by atoms with Crippen molar-refractivity contribution in [3.05, 3.63) is 0 Å². The second-order valence-corrected chi connectivity index (χ2v) is 5.98. The van der Waals surface area contributed by atoms with Gasteiger partial charge in [-0.3, -0.25) is 0 Å². The third kappa shape index (κ3) is 5.08. The van der Waals surface area contributed by atoms with E-state index in [1.807, 2.05) is 0 Å². The summed E-state index contributed by atoms with van der Waals surface area (Å²) in [6, 6.07) is 0. The highest BCUT2D eigenvalue weighted by molar-refractivity contribution is 7.90. The molecule has 0 radical (unpaired) electrons. The minimum absolute atomic E-state index is 0.0240. The van der Waals surface area contributed by atoms with Crippen molar-refractivity contribution in [1.29, 1.82) is 0 Å². The normalized spacial score (nSPS) is 23.3. The lowest BCUT2D eigenvalue weighted by molar-refractivity contribution is 0.260. The van der Waals surface area contributed by atoms with Crippen LogP contribution in [0.15, 0.2) is 0 Å². The third-order valence-corrected chi connectivity index (χ3v) is 5.96. The van der Waals surface area contributed by atoms with Gasteiger partial charge in [0.2, 0.25) is 0 Å². The van der Waals surface area contributed by atoms with Crippen LogP contribution in [0.5, 0.6) is 0 Å².